The number of ether oxygens (including phenoxy) is 1. The highest BCUT2D eigenvalue weighted by Crippen LogP contribution is 2.61. The molecule has 3 atom stereocenters. The first-order chi connectivity index (χ1) is 22.8. The number of hydrogen-bond acceptors (Lipinski definition) is 8. The summed E-state index contributed by atoms with van der Waals surface area (Å²) in [5, 5.41) is 22.3. The van der Waals surface area contributed by atoms with Crippen LogP contribution in [0.2, 0.25) is 0 Å². The van der Waals surface area contributed by atoms with E-state index in [-0.39, 0.29) is 46.3 Å². The van der Waals surface area contributed by atoms with Crippen molar-refractivity contribution in [3.63, 3.8) is 0 Å². The number of benzene rings is 2. The topological polar surface area (TPSA) is 181 Å². The summed E-state index contributed by atoms with van der Waals surface area (Å²) in [7, 11) is 0. The van der Waals surface area contributed by atoms with Gasteiger partial charge < -0.3 is 36.8 Å². The minimum absolute atomic E-state index is 0.00335. The van der Waals surface area contributed by atoms with E-state index < -0.39 is 59.2 Å². The maximum atomic E-state index is 14.8. The number of amides is 4. The summed E-state index contributed by atoms with van der Waals surface area (Å²) in [5.74, 6) is -2.45. The third-order valence-corrected chi connectivity index (χ3v) is 8.90. The fourth-order valence-electron chi connectivity index (χ4n) is 5.99. The van der Waals surface area contributed by atoms with Gasteiger partial charge in [0.2, 0.25) is 11.5 Å². The van der Waals surface area contributed by atoms with Gasteiger partial charge in [0, 0.05) is 47.8 Å². The molecule has 4 aromatic rings. The number of urea groups is 1. The fourth-order valence-corrected chi connectivity index (χ4v) is 5.99. The number of aromatic nitrogens is 2. The normalized spacial score (nSPS) is 20.8. The number of fused-ring (bicyclic) bond motifs is 4. The number of nitrogens with two attached hydrogens (primary N) is 1. The van der Waals surface area contributed by atoms with Crippen molar-refractivity contribution in [1.82, 2.24) is 25.9 Å². The number of pyridine rings is 2. The van der Waals surface area contributed by atoms with E-state index in [1.165, 1.54) is 30.5 Å². The van der Waals surface area contributed by atoms with Crippen molar-refractivity contribution < 1.29 is 41.8 Å². The van der Waals surface area contributed by atoms with E-state index in [4.69, 9.17) is 10.5 Å². The summed E-state index contributed by atoms with van der Waals surface area (Å²) in [6.45, 7) is -0.224. The molecular formula is C32H27F4N7O5. The minimum atomic E-state index is -5.39. The molecule has 4 amide bonds. The number of aliphatic hydroxyl groups is 1. The van der Waals surface area contributed by atoms with Crippen molar-refractivity contribution in [2.45, 2.75) is 35.8 Å². The number of primary amides is 1. The molecule has 2 aliphatic heterocycles. The van der Waals surface area contributed by atoms with Crippen LogP contribution in [0.5, 0.6) is 5.75 Å². The summed E-state index contributed by atoms with van der Waals surface area (Å²) in [6.07, 6.45) is -4.53. The van der Waals surface area contributed by atoms with Crippen LogP contribution >= 0.6 is 0 Å². The first-order valence-electron chi connectivity index (χ1n) is 14.8. The molecule has 12 nitrogen and oxygen atoms in total. The Balaban J connectivity index is 1.23. The Labute approximate surface area is 269 Å². The van der Waals surface area contributed by atoms with E-state index in [0.717, 1.165) is 18.2 Å². The van der Waals surface area contributed by atoms with Gasteiger partial charge in [-0.1, -0.05) is 6.07 Å². The largest absolute Gasteiger partial charge is 0.486 e. The van der Waals surface area contributed by atoms with Gasteiger partial charge in [-0.3, -0.25) is 14.6 Å². The van der Waals surface area contributed by atoms with Crippen molar-refractivity contribution in [1.29, 1.82) is 0 Å². The fraction of sp³-hybridized carbons (Fsp3) is 0.281. The molecule has 7 rings (SSSR count). The molecule has 0 spiro atoms. The quantitative estimate of drug-likeness (QED) is 0.155. The predicted molar refractivity (Wildman–Crippen MR) is 162 cm³/mol. The molecule has 1 aliphatic carbocycles. The van der Waals surface area contributed by atoms with Crippen LogP contribution in [0, 0.1) is 5.82 Å². The number of carbonyl (C=O) groups excluding carboxylic acids is 3. The monoisotopic (exact) mass is 665 g/mol. The SMILES string of the molecule is NC(=O)[C@@]12CC1Oc1c2cc(C(O)(CNC(=O)c2cc(NC(=O)NC3CNC3)c3ncccc3c2)C(F)(F)F)nc1-c1ccc(F)cc1. The molecule has 2 fully saturated rings. The van der Waals surface area contributed by atoms with Gasteiger partial charge in [-0.25, -0.2) is 14.2 Å². The molecule has 0 radical (unpaired) electrons. The van der Waals surface area contributed by atoms with Gasteiger partial charge in [-0.05, 0) is 48.5 Å². The van der Waals surface area contributed by atoms with Crippen LogP contribution in [0.3, 0.4) is 0 Å². The Hall–Kier alpha value is -5.35. The predicted octanol–water partition coefficient (Wildman–Crippen LogP) is 2.60. The van der Waals surface area contributed by atoms with Crippen molar-refractivity contribution in [3.8, 4) is 17.0 Å². The summed E-state index contributed by atoms with van der Waals surface area (Å²) in [5.41, 5.74) is -0.142. The average molecular weight is 666 g/mol. The van der Waals surface area contributed by atoms with Gasteiger partial charge in [-0.2, -0.15) is 13.2 Å². The molecule has 16 heteroatoms. The van der Waals surface area contributed by atoms with E-state index in [9.17, 15) is 37.1 Å². The molecule has 4 heterocycles. The Morgan fingerprint density at radius 1 is 1.10 bits per heavy atom. The number of anilines is 1. The zero-order valence-electron chi connectivity index (χ0n) is 24.8. The zero-order valence-corrected chi connectivity index (χ0v) is 24.8. The number of alkyl halides is 3. The lowest BCUT2D eigenvalue weighted by Gasteiger charge is -2.31. The molecule has 2 aromatic heterocycles. The lowest BCUT2D eigenvalue weighted by Crippen LogP contribution is -2.57. The van der Waals surface area contributed by atoms with E-state index in [1.807, 2.05) is 0 Å². The van der Waals surface area contributed by atoms with E-state index in [1.54, 1.807) is 12.1 Å². The van der Waals surface area contributed by atoms with Gasteiger partial charge in [0.1, 0.15) is 23.0 Å². The van der Waals surface area contributed by atoms with Crippen LogP contribution in [0.4, 0.5) is 28.0 Å². The molecular weight excluding hydrogens is 638 g/mol. The minimum Gasteiger partial charge on any atom is -0.486 e. The molecule has 2 aromatic carbocycles. The second kappa shape index (κ2) is 11.1. The maximum Gasteiger partial charge on any atom is 0.424 e. The van der Waals surface area contributed by atoms with Gasteiger partial charge in [0.15, 0.2) is 5.75 Å². The number of carbonyl (C=O) groups is 3. The first-order valence-corrected chi connectivity index (χ1v) is 14.8. The molecule has 1 saturated heterocycles. The van der Waals surface area contributed by atoms with Gasteiger partial charge in [0.25, 0.3) is 5.91 Å². The van der Waals surface area contributed by atoms with Gasteiger partial charge >= 0.3 is 12.2 Å². The van der Waals surface area contributed by atoms with Crippen LogP contribution in [-0.4, -0.2) is 70.9 Å². The summed E-state index contributed by atoms with van der Waals surface area (Å²) in [4.78, 5) is 46.8. The van der Waals surface area contributed by atoms with Crippen LogP contribution in [0.25, 0.3) is 22.2 Å². The van der Waals surface area contributed by atoms with E-state index in [0.29, 0.717) is 24.0 Å². The maximum absolute atomic E-state index is 14.8. The Kier molecular flexibility index (Phi) is 7.25. The van der Waals surface area contributed by atoms with Gasteiger partial charge in [-0.15, -0.1) is 0 Å². The van der Waals surface area contributed by atoms with Crippen molar-refractivity contribution >= 4 is 34.4 Å². The molecule has 1 saturated carbocycles. The first kappa shape index (κ1) is 31.3. The Morgan fingerprint density at radius 3 is 2.52 bits per heavy atom. The Bertz CT molecular complexity index is 1990. The molecule has 3 aliphatic rings. The third kappa shape index (κ3) is 5.13. The standard InChI is InChI=1S/C32H27F4N7O5/c33-18-5-3-15(4-6-18)25-26-20(30(28(37)45)11-23(30)48-26)10-22(43-25)31(47,32(34,35)36)14-40-27(44)17-8-16-2-1-7-39-24(16)21(9-17)42-29(46)41-19-12-38-13-19/h1-10,19,23,38,47H,11-14H2,(H2,37,45)(H,40,44)(H2,41,42,46)/t23?,30-,31?/m1/s1. The van der Waals surface area contributed by atoms with Crippen LogP contribution in [-0.2, 0) is 15.8 Å². The smallest absolute Gasteiger partial charge is 0.424 e. The molecule has 7 N–H and O–H groups in total. The van der Waals surface area contributed by atoms with E-state index in [2.05, 4.69) is 31.2 Å². The van der Waals surface area contributed by atoms with Crippen LogP contribution in [0.15, 0.2) is 60.8 Å². The second-order valence-corrected chi connectivity index (χ2v) is 12.0. The molecule has 48 heavy (non-hydrogen) atoms. The van der Waals surface area contributed by atoms with Crippen molar-refractivity contribution in [3.05, 3.63) is 83.4 Å². The van der Waals surface area contributed by atoms with Crippen molar-refractivity contribution in [2.75, 3.05) is 25.0 Å². The zero-order chi connectivity index (χ0) is 34.0. The molecule has 248 valence electrons. The summed E-state index contributed by atoms with van der Waals surface area (Å²) >= 11 is 0. The number of nitrogens with zero attached hydrogens (tertiary/aromatic N) is 2. The van der Waals surface area contributed by atoms with Crippen LogP contribution in [0.1, 0.15) is 28.0 Å². The highest BCUT2D eigenvalue weighted by molar-refractivity contribution is 6.05. The number of hydrogen-bond donors (Lipinski definition) is 6. The molecule has 2 unspecified atom stereocenters. The Morgan fingerprint density at radius 2 is 1.85 bits per heavy atom. The number of rotatable bonds is 8. The highest BCUT2D eigenvalue weighted by Gasteiger charge is 2.69. The number of nitrogens with one attached hydrogen (secondary N) is 4. The molecule has 0 bridgehead atoms. The third-order valence-electron chi connectivity index (χ3n) is 8.90. The van der Waals surface area contributed by atoms with Gasteiger partial charge in [0.05, 0.1) is 29.5 Å². The van der Waals surface area contributed by atoms with Crippen LogP contribution < -0.4 is 31.7 Å². The summed E-state index contributed by atoms with van der Waals surface area (Å²) < 4.78 is 64.0. The average Bonchev–Trinajstić information content (AvgIpc) is 3.67. The highest BCUT2D eigenvalue weighted by atomic mass is 19.4. The lowest BCUT2D eigenvalue weighted by molar-refractivity contribution is -0.265. The van der Waals surface area contributed by atoms with Crippen molar-refractivity contribution in [2.24, 2.45) is 5.73 Å². The lowest BCUT2D eigenvalue weighted by atomic mass is 9.89. The van der Waals surface area contributed by atoms with E-state index >= 15 is 0 Å². The summed E-state index contributed by atoms with van der Waals surface area (Å²) in [6, 6.07) is 10.8. The number of halogens is 4. The second-order valence-electron chi connectivity index (χ2n) is 12.0.